The standard InChI is InChI=1S/C15H14O2S/c16-13-7-6-10-8-12(9-14(17)15(10)13)18-11-4-2-1-3-5-11/h1-5,9-10,15H,6-8H2. The van der Waals surface area contributed by atoms with Gasteiger partial charge in [0.2, 0.25) is 0 Å². The van der Waals surface area contributed by atoms with E-state index < -0.39 is 0 Å². The molecule has 0 radical (unpaired) electrons. The molecule has 1 fully saturated rings. The molecule has 92 valence electrons. The van der Waals surface area contributed by atoms with E-state index in [9.17, 15) is 9.59 Å². The van der Waals surface area contributed by atoms with Crippen LogP contribution in [0.4, 0.5) is 0 Å². The summed E-state index contributed by atoms with van der Waals surface area (Å²) in [7, 11) is 0. The van der Waals surface area contributed by atoms with Crippen molar-refractivity contribution in [2.45, 2.75) is 24.2 Å². The molecule has 0 heterocycles. The zero-order valence-corrected chi connectivity index (χ0v) is 10.8. The molecule has 1 aromatic rings. The average molecular weight is 258 g/mol. The highest BCUT2D eigenvalue weighted by Gasteiger charge is 2.41. The van der Waals surface area contributed by atoms with E-state index in [0.29, 0.717) is 6.42 Å². The van der Waals surface area contributed by atoms with Gasteiger partial charge in [0.1, 0.15) is 5.78 Å². The maximum absolute atomic E-state index is 12.0. The quantitative estimate of drug-likeness (QED) is 0.764. The SMILES string of the molecule is O=C1C=C(Sc2ccccc2)CC2CCC(=O)C12. The van der Waals surface area contributed by atoms with Crippen molar-refractivity contribution in [2.24, 2.45) is 11.8 Å². The number of fused-ring (bicyclic) bond motifs is 1. The van der Waals surface area contributed by atoms with Gasteiger partial charge in [0, 0.05) is 11.3 Å². The highest BCUT2D eigenvalue weighted by atomic mass is 32.2. The summed E-state index contributed by atoms with van der Waals surface area (Å²) in [6.45, 7) is 0. The lowest BCUT2D eigenvalue weighted by molar-refractivity contribution is -0.129. The fourth-order valence-electron chi connectivity index (χ4n) is 2.80. The lowest BCUT2D eigenvalue weighted by Gasteiger charge is -2.22. The molecule has 1 aromatic carbocycles. The number of thioether (sulfide) groups is 1. The molecule has 3 rings (SSSR count). The van der Waals surface area contributed by atoms with Gasteiger partial charge < -0.3 is 0 Å². The molecule has 2 aliphatic rings. The summed E-state index contributed by atoms with van der Waals surface area (Å²) >= 11 is 1.65. The molecule has 1 saturated carbocycles. The Balaban J connectivity index is 1.79. The number of hydrogen-bond donors (Lipinski definition) is 0. The van der Waals surface area contributed by atoms with Crippen LogP contribution in [0.25, 0.3) is 0 Å². The number of hydrogen-bond acceptors (Lipinski definition) is 3. The third-order valence-electron chi connectivity index (χ3n) is 3.65. The van der Waals surface area contributed by atoms with Crippen LogP contribution in [0.3, 0.4) is 0 Å². The van der Waals surface area contributed by atoms with Crippen LogP contribution in [0, 0.1) is 11.8 Å². The molecule has 2 unspecified atom stereocenters. The molecule has 0 aromatic heterocycles. The van der Waals surface area contributed by atoms with Crippen molar-refractivity contribution >= 4 is 23.3 Å². The van der Waals surface area contributed by atoms with Gasteiger partial charge in [-0.2, -0.15) is 0 Å². The number of carbonyl (C=O) groups excluding carboxylic acids is 2. The van der Waals surface area contributed by atoms with Crippen LogP contribution in [0.1, 0.15) is 19.3 Å². The molecule has 0 N–H and O–H groups in total. The molecule has 3 heteroatoms. The molecule has 2 aliphatic carbocycles. The normalized spacial score (nSPS) is 27.0. The smallest absolute Gasteiger partial charge is 0.167 e. The van der Waals surface area contributed by atoms with Crippen LogP contribution in [0.5, 0.6) is 0 Å². The largest absolute Gasteiger partial charge is 0.299 e. The summed E-state index contributed by atoms with van der Waals surface area (Å²) in [6.07, 6.45) is 4.02. The maximum atomic E-state index is 12.0. The Morgan fingerprint density at radius 3 is 2.67 bits per heavy atom. The lowest BCUT2D eigenvalue weighted by Crippen LogP contribution is -2.27. The maximum Gasteiger partial charge on any atom is 0.167 e. The molecule has 0 amide bonds. The first-order valence-corrected chi connectivity index (χ1v) is 7.06. The summed E-state index contributed by atoms with van der Waals surface area (Å²) in [5.41, 5.74) is 0. The first-order chi connectivity index (χ1) is 8.74. The minimum Gasteiger partial charge on any atom is -0.299 e. The van der Waals surface area contributed by atoms with E-state index in [2.05, 4.69) is 0 Å². The zero-order valence-electron chi connectivity index (χ0n) is 9.96. The molecule has 0 saturated heterocycles. The van der Waals surface area contributed by atoms with Crippen LogP contribution in [-0.4, -0.2) is 11.6 Å². The van der Waals surface area contributed by atoms with Crippen LogP contribution >= 0.6 is 11.8 Å². The zero-order chi connectivity index (χ0) is 12.5. The van der Waals surface area contributed by atoms with E-state index >= 15 is 0 Å². The van der Waals surface area contributed by atoms with Gasteiger partial charge in [0.25, 0.3) is 0 Å². The Morgan fingerprint density at radius 1 is 1.11 bits per heavy atom. The molecule has 0 aliphatic heterocycles. The fourth-order valence-corrected chi connectivity index (χ4v) is 3.87. The van der Waals surface area contributed by atoms with Crippen LogP contribution in [-0.2, 0) is 9.59 Å². The van der Waals surface area contributed by atoms with Gasteiger partial charge in [-0.25, -0.2) is 0 Å². The summed E-state index contributed by atoms with van der Waals surface area (Å²) in [5.74, 6) is 0.0866. The van der Waals surface area contributed by atoms with Crippen molar-refractivity contribution in [2.75, 3.05) is 0 Å². The van der Waals surface area contributed by atoms with E-state index in [1.807, 2.05) is 30.3 Å². The third kappa shape index (κ3) is 2.15. The van der Waals surface area contributed by atoms with Gasteiger partial charge in [0.05, 0.1) is 5.92 Å². The molecule has 0 bridgehead atoms. The van der Waals surface area contributed by atoms with Gasteiger partial charge >= 0.3 is 0 Å². The van der Waals surface area contributed by atoms with E-state index in [-0.39, 0.29) is 23.4 Å². The number of allylic oxidation sites excluding steroid dienone is 2. The molecule has 2 nitrogen and oxygen atoms in total. The van der Waals surface area contributed by atoms with Crippen LogP contribution < -0.4 is 0 Å². The Morgan fingerprint density at radius 2 is 1.89 bits per heavy atom. The number of Topliss-reactive ketones (excluding diaryl/α,β-unsaturated/α-hetero) is 1. The van der Waals surface area contributed by atoms with Crippen molar-refractivity contribution in [3.05, 3.63) is 41.3 Å². The van der Waals surface area contributed by atoms with Crippen molar-refractivity contribution in [1.82, 2.24) is 0 Å². The van der Waals surface area contributed by atoms with Crippen molar-refractivity contribution in [3.63, 3.8) is 0 Å². The van der Waals surface area contributed by atoms with Crippen molar-refractivity contribution in [1.29, 1.82) is 0 Å². The predicted molar refractivity (Wildman–Crippen MR) is 71.2 cm³/mol. The molecular formula is C15H14O2S. The number of ketones is 2. The van der Waals surface area contributed by atoms with Gasteiger partial charge in [0.15, 0.2) is 5.78 Å². The van der Waals surface area contributed by atoms with Gasteiger partial charge in [-0.05, 0) is 41.9 Å². The topological polar surface area (TPSA) is 34.1 Å². The monoisotopic (exact) mass is 258 g/mol. The Bertz CT molecular complexity index is 519. The lowest BCUT2D eigenvalue weighted by atomic mass is 9.84. The Hall–Kier alpha value is -1.35. The van der Waals surface area contributed by atoms with Gasteiger partial charge in [-0.15, -0.1) is 0 Å². The van der Waals surface area contributed by atoms with Crippen molar-refractivity contribution in [3.8, 4) is 0 Å². The fraction of sp³-hybridized carbons (Fsp3) is 0.333. The number of carbonyl (C=O) groups is 2. The second-order valence-corrected chi connectivity index (χ2v) is 6.07. The molecule has 0 spiro atoms. The summed E-state index contributed by atoms with van der Waals surface area (Å²) in [6, 6.07) is 10.1. The first kappa shape index (κ1) is 11.7. The van der Waals surface area contributed by atoms with Gasteiger partial charge in [-0.1, -0.05) is 30.0 Å². The van der Waals surface area contributed by atoms with Crippen molar-refractivity contribution < 1.29 is 9.59 Å². The average Bonchev–Trinajstić information content (AvgIpc) is 2.72. The summed E-state index contributed by atoms with van der Waals surface area (Å²) in [4.78, 5) is 25.9. The Labute approximate surface area is 110 Å². The minimum atomic E-state index is -0.329. The third-order valence-corrected chi connectivity index (χ3v) is 4.70. The summed E-state index contributed by atoms with van der Waals surface area (Å²) < 4.78 is 0. The van der Waals surface area contributed by atoms with Crippen LogP contribution in [0.15, 0.2) is 46.2 Å². The van der Waals surface area contributed by atoms with E-state index in [4.69, 9.17) is 0 Å². The predicted octanol–water partition coefficient (Wildman–Crippen LogP) is 3.23. The highest BCUT2D eigenvalue weighted by molar-refractivity contribution is 8.03. The molecule has 18 heavy (non-hydrogen) atoms. The highest BCUT2D eigenvalue weighted by Crippen LogP contribution is 2.42. The summed E-state index contributed by atoms with van der Waals surface area (Å²) in [5, 5.41) is 0. The first-order valence-electron chi connectivity index (χ1n) is 6.24. The second kappa shape index (κ2) is 4.73. The van der Waals surface area contributed by atoms with Crippen LogP contribution in [0.2, 0.25) is 0 Å². The molecular weight excluding hydrogens is 244 g/mol. The minimum absolute atomic E-state index is 0.0205. The number of benzene rings is 1. The van der Waals surface area contributed by atoms with E-state index in [0.717, 1.165) is 22.6 Å². The second-order valence-electron chi connectivity index (χ2n) is 4.87. The Kier molecular flexibility index (Phi) is 3.08. The number of rotatable bonds is 2. The van der Waals surface area contributed by atoms with E-state index in [1.54, 1.807) is 17.8 Å². The van der Waals surface area contributed by atoms with Gasteiger partial charge in [-0.3, -0.25) is 9.59 Å². The van der Waals surface area contributed by atoms with E-state index in [1.165, 1.54) is 0 Å². The molecule has 2 atom stereocenters.